The maximum atomic E-state index is 12.7. The molecule has 0 saturated carbocycles. The van der Waals surface area contributed by atoms with Gasteiger partial charge in [0.15, 0.2) is 0 Å². The molecule has 0 saturated heterocycles. The summed E-state index contributed by atoms with van der Waals surface area (Å²) in [6.45, 7) is 1.76. The third-order valence-electron chi connectivity index (χ3n) is 6.41. The fraction of sp³-hybridized carbons (Fsp3) is 0.259. The monoisotopic (exact) mass is 487 g/mol. The number of hydrogen-bond acceptors (Lipinski definition) is 6. The number of anilines is 2. The summed E-state index contributed by atoms with van der Waals surface area (Å²) in [5.74, 6) is -1.80. The van der Waals surface area contributed by atoms with Crippen molar-refractivity contribution in [3.63, 3.8) is 0 Å². The average Bonchev–Trinajstić information content (AvgIpc) is 2.89. The lowest BCUT2D eigenvalue weighted by molar-refractivity contribution is -0.383. The molecule has 4 rings (SSSR count). The Hall–Kier alpha value is -4.24. The SMILES string of the molecule is CN(C)c1ccc(C(CNC(=O)C(=O)Nc2ccccc2[N+](=O)[O-])N2CCc3ccccc3C2)cc1. The number of rotatable bonds is 7. The Morgan fingerprint density at radius 3 is 2.33 bits per heavy atom. The first kappa shape index (κ1) is 24.9. The number of nitro benzene ring substituents is 1. The number of nitrogens with zero attached hydrogens (tertiary/aromatic N) is 3. The maximum absolute atomic E-state index is 12.7. The minimum absolute atomic E-state index is 0.0221. The normalized spacial score (nSPS) is 13.8. The minimum atomic E-state index is -0.949. The highest BCUT2D eigenvalue weighted by Crippen LogP contribution is 2.29. The molecular formula is C27H29N5O4. The highest BCUT2D eigenvalue weighted by Gasteiger charge is 2.27. The molecule has 0 aromatic heterocycles. The summed E-state index contributed by atoms with van der Waals surface area (Å²) in [5, 5.41) is 16.3. The number of carbonyl (C=O) groups excluding carboxylic acids is 2. The largest absolute Gasteiger partial charge is 0.378 e. The summed E-state index contributed by atoms with van der Waals surface area (Å²) in [5.41, 5.74) is 4.37. The van der Waals surface area contributed by atoms with Crippen molar-refractivity contribution in [2.24, 2.45) is 0 Å². The van der Waals surface area contributed by atoms with Gasteiger partial charge in [-0.25, -0.2) is 0 Å². The van der Waals surface area contributed by atoms with E-state index in [1.807, 2.05) is 55.4 Å². The zero-order valence-corrected chi connectivity index (χ0v) is 20.3. The topological polar surface area (TPSA) is 108 Å². The van der Waals surface area contributed by atoms with Crippen LogP contribution in [0.1, 0.15) is 22.7 Å². The summed E-state index contributed by atoms with van der Waals surface area (Å²) in [4.78, 5) is 40.1. The van der Waals surface area contributed by atoms with Crippen LogP contribution in [0.15, 0.2) is 72.8 Å². The molecule has 0 radical (unpaired) electrons. The quantitative estimate of drug-likeness (QED) is 0.300. The molecule has 1 atom stereocenters. The zero-order chi connectivity index (χ0) is 25.7. The summed E-state index contributed by atoms with van der Waals surface area (Å²) in [7, 11) is 3.95. The van der Waals surface area contributed by atoms with Gasteiger partial charge in [0.2, 0.25) is 0 Å². The van der Waals surface area contributed by atoms with E-state index in [0.29, 0.717) is 0 Å². The van der Waals surface area contributed by atoms with Crippen LogP contribution in [0, 0.1) is 10.1 Å². The van der Waals surface area contributed by atoms with Crippen molar-refractivity contribution in [3.05, 3.63) is 99.6 Å². The van der Waals surface area contributed by atoms with Crippen molar-refractivity contribution < 1.29 is 14.5 Å². The Bertz CT molecular complexity index is 1260. The van der Waals surface area contributed by atoms with Crippen molar-refractivity contribution >= 4 is 28.9 Å². The predicted molar refractivity (Wildman–Crippen MR) is 139 cm³/mol. The van der Waals surface area contributed by atoms with Crippen molar-refractivity contribution in [1.82, 2.24) is 10.2 Å². The van der Waals surface area contributed by atoms with E-state index in [0.717, 1.165) is 30.8 Å². The van der Waals surface area contributed by atoms with Gasteiger partial charge in [-0.15, -0.1) is 0 Å². The molecule has 1 unspecified atom stereocenters. The Morgan fingerprint density at radius 1 is 0.972 bits per heavy atom. The number of nitrogens with one attached hydrogen (secondary N) is 2. The third kappa shape index (κ3) is 5.69. The van der Waals surface area contributed by atoms with Crippen LogP contribution < -0.4 is 15.5 Å². The van der Waals surface area contributed by atoms with E-state index < -0.39 is 16.7 Å². The van der Waals surface area contributed by atoms with Gasteiger partial charge in [0.25, 0.3) is 5.69 Å². The fourth-order valence-electron chi connectivity index (χ4n) is 4.42. The zero-order valence-electron chi connectivity index (χ0n) is 20.3. The number of para-hydroxylation sites is 2. The molecule has 9 nitrogen and oxygen atoms in total. The number of carbonyl (C=O) groups is 2. The van der Waals surface area contributed by atoms with Crippen LogP contribution >= 0.6 is 0 Å². The molecule has 1 aliphatic rings. The minimum Gasteiger partial charge on any atom is -0.378 e. The van der Waals surface area contributed by atoms with Gasteiger partial charge >= 0.3 is 11.8 Å². The van der Waals surface area contributed by atoms with Gasteiger partial charge in [0, 0.05) is 45.5 Å². The average molecular weight is 488 g/mol. The van der Waals surface area contributed by atoms with E-state index in [1.54, 1.807) is 6.07 Å². The molecule has 1 heterocycles. The van der Waals surface area contributed by atoms with Crippen molar-refractivity contribution in [3.8, 4) is 0 Å². The number of nitro groups is 1. The van der Waals surface area contributed by atoms with Crippen LogP contribution in [0.2, 0.25) is 0 Å². The van der Waals surface area contributed by atoms with Crippen LogP contribution in [-0.2, 0) is 22.6 Å². The van der Waals surface area contributed by atoms with E-state index in [9.17, 15) is 19.7 Å². The molecule has 9 heteroatoms. The van der Waals surface area contributed by atoms with Gasteiger partial charge in [-0.2, -0.15) is 0 Å². The molecule has 3 aromatic carbocycles. The lowest BCUT2D eigenvalue weighted by atomic mass is 9.96. The molecule has 36 heavy (non-hydrogen) atoms. The van der Waals surface area contributed by atoms with Crippen LogP contribution in [0.3, 0.4) is 0 Å². The van der Waals surface area contributed by atoms with Crippen LogP contribution in [0.25, 0.3) is 0 Å². The summed E-state index contributed by atoms with van der Waals surface area (Å²) in [6.07, 6.45) is 0.897. The lowest BCUT2D eigenvalue weighted by Gasteiger charge is -2.36. The molecule has 0 spiro atoms. The molecule has 0 fully saturated rings. The first-order valence-corrected chi connectivity index (χ1v) is 11.7. The van der Waals surface area contributed by atoms with Crippen LogP contribution in [0.4, 0.5) is 17.1 Å². The first-order chi connectivity index (χ1) is 17.3. The van der Waals surface area contributed by atoms with Gasteiger partial charge in [0.05, 0.1) is 11.0 Å². The summed E-state index contributed by atoms with van der Waals surface area (Å²) in [6, 6.07) is 22.0. The Morgan fingerprint density at radius 2 is 1.64 bits per heavy atom. The van der Waals surface area contributed by atoms with E-state index in [2.05, 4.69) is 27.7 Å². The standard InChI is InChI=1S/C27H29N5O4/c1-30(2)22-13-11-20(12-14-22)25(31-16-15-19-7-3-4-8-21(19)18-31)17-28-26(33)27(34)29-23-9-5-6-10-24(23)32(35)36/h3-14,25H,15-18H2,1-2H3,(H,28,33)(H,29,34). The number of amides is 2. The van der Waals surface area contributed by atoms with Gasteiger partial charge in [-0.3, -0.25) is 24.6 Å². The summed E-state index contributed by atoms with van der Waals surface area (Å²) < 4.78 is 0. The third-order valence-corrected chi connectivity index (χ3v) is 6.41. The van der Waals surface area contributed by atoms with Crippen LogP contribution in [-0.4, -0.2) is 48.8 Å². The Labute approximate surface area is 209 Å². The van der Waals surface area contributed by atoms with E-state index >= 15 is 0 Å². The highest BCUT2D eigenvalue weighted by atomic mass is 16.6. The van der Waals surface area contributed by atoms with E-state index in [1.165, 1.54) is 29.3 Å². The fourth-order valence-corrected chi connectivity index (χ4v) is 4.42. The first-order valence-electron chi connectivity index (χ1n) is 11.7. The van der Waals surface area contributed by atoms with Gasteiger partial charge < -0.3 is 15.5 Å². The predicted octanol–water partition coefficient (Wildman–Crippen LogP) is 3.52. The molecule has 0 bridgehead atoms. The second-order valence-electron chi connectivity index (χ2n) is 8.93. The molecule has 0 aliphatic carbocycles. The second kappa shape index (κ2) is 11.0. The number of fused-ring (bicyclic) bond motifs is 1. The van der Waals surface area contributed by atoms with E-state index in [4.69, 9.17) is 0 Å². The molecule has 1 aliphatic heterocycles. The van der Waals surface area contributed by atoms with E-state index in [-0.39, 0.29) is 24.0 Å². The maximum Gasteiger partial charge on any atom is 0.313 e. The highest BCUT2D eigenvalue weighted by molar-refractivity contribution is 6.39. The number of benzene rings is 3. The van der Waals surface area contributed by atoms with Crippen molar-refractivity contribution in [2.75, 3.05) is 37.4 Å². The van der Waals surface area contributed by atoms with Crippen molar-refractivity contribution in [1.29, 1.82) is 0 Å². The smallest absolute Gasteiger partial charge is 0.313 e. The van der Waals surface area contributed by atoms with Gasteiger partial charge in [-0.05, 0) is 41.3 Å². The molecule has 186 valence electrons. The molecule has 3 aromatic rings. The molecule has 2 N–H and O–H groups in total. The van der Waals surface area contributed by atoms with Gasteiger partial charge in [0.1, 0.15) is 5.69 Å². The Kier molecular flexibility index (Phi) is 7.60. The van der Waals surface area contributed by atoms with Crippen molar-refractivity contribution in [2.45, 2.75) is 19.0 Å². The number of hydrogen-bond donors (Lipinski definition) is 2. The van der Waals surface area contributed by atoms with Crippen LogP contribution in [0.5, 0.6) is 0 Å². The summed E-state index contributed by atoms with van der Waals surface area (Å²) >= 11 is 0. The second-order valence-corrected chi connectivity index (χ2v) is 8.93. The molecule has 2 amide bonds. The lowest BCUT2D eigenvalue weighted by Crippen LogP contribution is -2.43. The molecular weight excluding hydrogens is 458 g/mol. The van der Waals surface area contributed by atoms with Gasteiger partial charge in [-0.1, -0.05) is 48.5 Å². The Balaban J connectivity index is 1.50.